The third-order valence-electron chi connectivity index (χ3n) is 3.15. The molecule has 4 aromatic rings. The molecule has 0 aliphatic rings. The van der Waals surface area contributed by atoms with Crippen molar-refractivity contribution < 1.29 is 0 Å². The molecule has 27 heavy (non-hydrogen) atoms. The normalized spacial score (nSPS) is 10.7. The first kappa shape index (κ1) is 17.9. The third-order valence-corrected chi connectivity index (χ3v) is 5.77. The monoisotopic (exact) mass is 408 g/mol. The van der Waals surface area contributed by atoms with Crippen LogP contribution in [-0.2, 0) is 0 Å². The Hall–Kier alpha value is -2.49. The maximum Gasteiger partial charge on any atom is 0.197 e. The molecule has 9 heteroatoms. The Morgan fingerprint density at radius 2 is 0.667 bits per heavy atom. The van der Waals surface area contributed by atoms with E-state index in [1.807, 2.05) is 36.4 Å². The van der Waals surface area contributed by atoms with Crippen molar-refractivity contribution in [3.05, 3.63) is 73.6 Å². The zero-order valence-electron chi connectivity index (χ0n) is 13.8. The van der Waals surface area contributed by atoms with Crippen LogP contribution in [0.15, 0.2) is 104 Å². The van der Waals surface area contributed by atoms with E-state index in [9.17, 15) is 0 Å². The van der Waals surface area contributed by atoms with E-state index in [2.05, 4.69) is 29.9 Å². The molecule has 0 aliphatic heterocycles. The van der Waals surface area contributed by atoms with Crippen LogP contribution in [0, 0.1) is 0 Å². The number of hydrogen-bond donors (Lipinski definition) is 0. The summed E-state index contributed by atoms with van der Waals surface area (Å²) in [4.78, 5) is 29.0. The molecule has 0 spiro atoms. The van der Waals surface area contributed by atoms with Gasteiger partial charge in [-0.1, -0.05) is 0 Å². The van der Waals surface area contributed by atoms with Gasteiger partial charge in [-0.15, -0.1) is 0 Å². The Morgan fingerprint density at radius 1 is 0.407 bits per heavy atom. The Kier molecular flexibility index (Phi) is 5.92. The Bertz CT molecular complexity index is 859. The van der Waals surface area contributed by atoms with E-state index in [0.29, 0.717) is 15.5 Å². The van der Waals surface area contributed by atoms with Gasteiger partial charge in [0.1, 0.15) is 0 Å². The summed E-state index contributed by atoms with van der Waals surface area (Å²) in [6, 6.07) is 11.6. The number of rotatable bonds is 6. The van der Waals surface area contributed by atoms with Crippen molar-refractivity contribution in [3.63, 3.8) is 0 Å². The molecule has 0 saturated heterocycles. The van der Waals surface area contributed by atoms with Crippen molar-refractivity contribution in [1.82, 2.24) is 29.9 Å². The third kappa shape index (κ3) is 5.25. The predicted octanol–water partition coefficient (Wildman–Crippen LogP) is 4.51. The summed E-state index contributed by atoms with van der Waals surface area (Å²) in [6.45, 7) is 0. The van der Waals surface area contributed by atoms with Crippen molar-refractivity contribution >= 4 is 35.3 Å². The molecule has 0 radical (unpaired) electrons. The second-order valence-corrected chi connectivity index (χ2v) is 8.16. The minimum absolute atomic E-state index is 0.643. The smallest absolute Gasteiger partial charge is 0.197 e. The molecule has 0 N–H and O–H groups in total. The first-order valence-corrected chi connectivity index (χ1v) is 10.3. The van der Waals surface area contributed by atoms with Crippen LogP contribution in [0.1, 0.15) is 0 Å². The molecule has 0 aliphatic carbocycles. The minimum Gasteiger partial charge on any atom is -0.265 e. The number of aromatic nitrogens is 6. The van der Waals surface area contributed by atoms with Gasteiger partial charge in [0, 0.05) is 51.9 Å². The molecule has 0 bridgehead atoms. The molecule has 4 aromatic heterocycles. The lowest BCUT2D eigenvalue weighted by Crippen LogP contribution is -1.97. The lowest BCUT2D eigenvalue weighted by molar-refractivity contribution is 0.717. The molecule has 4 rings (SSSR count). The summed E-state index contributed by atoms with van der Waals surface area (Å²) in [5, 5.41) is 1.93. The van der Waals surface area contributed by atoms with E-state index < -0.39 is 0 Å². The zero-order valence-corrected chi connectivity index (χ0v) is 16.3. The van der Waals surface area contributed by atoms with Crippen LogP contribution in [-0.4, -0.2) is 29.9 Å². The van der Waals surface area contributed by atoms with Crippen molar-refractivity contribution in [2.45, 2.75) is 30.2 Å². The van der Waals surface area contributed by atoms with Crippen LogP contribution in [0.5, 0.6) is 0 Å². The van der Waals surface area contributed by atoms with E-state index in [1.54, 1.807) is 37.2 Å². The highest BCUT2D eigenvalue weighted by molar-refractivity contribution is 8.00. The van der Waals surface area contributed by atoms with Crippen molar-refractivity contribution in [3.8, 4) is 0 Å². The van der Waals surface area contributed by atoms with Gasteiger partial charge in [-0.3, -0.25) is 15.0 Å². The van der Waals surface area contributed by atoms with Gasteiger partial charge in [0.25, 0.3) is 0 Å². The second-order valence-electron chi connectivity index (χ2n) is 5.04. The highest BCUT2D eigenvalue weighted by atomic mass is 32.2. The van der Waals surface area contributed by atoms with Gasteiger partial charge in [-0.25, -0.2) is 0 Å². The molecule has 0 unspecified atom stereocenters. The van der Waals surface area contributed by atoms with Gasteiger partial charge in [0.15, 0.2) is 15.5 Å². The van der Waals surface area contributed by atoms with E-state index >= 15 is 0 Å². The lowest BCUT2D eigenvalue weighted by atomic mass is 10.5. The highest BCUT2D eigenvalue weighted by Crippen LogP contribution is 2.32. The van der Waals surface area contributed by atoms with E-state index in [4.69, 9.17) is 0 Å². The zero-order chi connectivity index (χ0) is 18.3. The fraction of sp³-hybridized carbons (Fsp3) is 0. The summed E-state index contributed by atoms with van der Waals surface area (Å²) in [5.41, 5.74) is 0. The molecule has 4 heterocycles. The second kappa shape index (κ2) is 8.94. The summed E-state index contributed by atoms with van der Waals surface area (Å²) in [7, 11) is 0. The fourth-order valence-corrected chi connectivity index (χ4v) is 4.36. The van der Waals surface area contributed by atoms with Crippen molar-refractivity contribution in [2.24, 2.45) is 0 Å². The SMILES string of the molecule is c1cc(Sc2nc(Sc3ccncc3)nc(Sc3ccncc3)n2)ccn1. The predicted molar refractivity (Wildman–Crippen MR) is 105 cm³/mol. The van der Waals surface area contributed by atoms with Gasteiger partial charge < -0.3 is 0 Å². The van der Waals surface area contributed by atoms with Crippen molar-refractivity contribution in [2.75, 3.05) is 0 Å². The molecule has 0 atom stereocenters. The molecule has 6 nitrogen and oxygen atoms in total. The maximum absolute atomic E-state index is 4.60. The molecular weight excluding hydrogens is 396 g/mol. The van der Waals surface area contributed by atoms with Crippen LogP contribution in [0.25, 0.3) is 0 Å². The fourth-order valence-electron chi connectivity index (χ4n) is 1.99. The molecule has 0 fully saturated rings. The Morgan fingerprint density at radius 3 is 0.926 bits per heavy atom. The lowest BCUT2D eigenvalue weighted by Gasteiger charge is -2.06. The van der Waals surface area contributed by atoms with Crippen LogP contribution < -0.4 is 0 Å². The first-order chi connectivity index (χ1) is 13.3. The quantitative estimate of drug-likeness (QED) is 0.458. The molecule has 0 amide bonds. The van der Waals surface area contributed by atoms with Crippen LogP contribution in [0.2, 0.25) is 0 Å². The minimum atomic E-state index is 0.643. The molecule has 0 aromatic carbocycles. The topological polar surface area (TPSA) is 77.3 Å². The van der Waals surface area contributed by atoms with Gasteiger partial charge in [0.2, 0.25) is 0 Å². The van der Waals surface area contributed by atoms with Crippen molar-refractivity contribution in [1.29, 1.82) is 0 Å². The largest absolute Gasteiger partial charge is 0.265 e. The Balaban J connectivity index is 1.64. The summed E-state index contributed by atoms with van der Waals surface area (Å²) in [5.74, 6) is 0. The average Bonchev–Trinajstić information content (AvgIpc) is 2.70. The van der Waals surface area contributed by atoms with E-state index in [0.717, 1.165) is 14.7 Å². The number of nitrogens with zero attached hydrogens (tertiary/aromatic N) is 6. The first-order valence-electron chi connectivity index (χ1n) is 7.85. The van der Waals surface area contributed by atoms with Gasteiger partial charge in [-0.2, -0.15) is 15.0 Å². The van der Waals surface area contributed by atoms with Gasteiger partial charge in [0.05, 0.1) is 0 Å². The van der Waals surface area contributed by atoms with Gasteiger partial charge >= 0.3 is 0 Å². The van der Waals surface area contributed by atoms with Crippen LogP contribution in [0.3, 0.4) is 0 Å². The molecular formula is C18H12N6S3. The molecule has 0 saturated carbocycles. The summed E-state index contributed by atoms with van der Waals surface area (Å²) >= 11 is 4.45. The maximum atomic E-state index is 4.60. The highest BCUT2D eigenvalue weighted by Gasteiger charge is 2.11. The number of hydrogen-bond acceptors (Lipinski definition) is 9. The molecule has 132 valence electrons. The average molecular weight is 409 g/mol. The van der Waals surface area contributed by atoms with Gasteiger partial charge in [-0.05, 0) is 71.7 Å². The van der Waals surface area contributed by atoms with E-state index in [-0.39, 0.29) is 0 Å². The number of pyridine rings is 3. The van der Waals surface area contributed by atoms with Crippen LogP contribution >= 0.6 is 35.3 Å². The summed E-state index contributed by atoms with van der Waals surface area (Å²) < 4.78 is 0. The van der Waals surface area contributed by atoms with Crippen LogP contribution in [0.4, 0.5) is 0 Å². The van der Waals surface area contributed by atoms with E-state index in [1.165, 1.54) is 35.3 Å². The summed E-state index contributed by atoms with van der Waals surface area (Å²) in [6.07, 6.45) is 10.5. The Labute approximate surface area is 168 Å². The standard InChI is InChI=1S/C18H12N6S3/c1-7-19-8-2-13(1)25-16-22-17(26-14-3-9-20-10-4-14)24-18(23-16)27-15-5-11-21-12-6-15/h1-12H.